The van der Waals surface area contributed by atoms with Crippen molar-refractivity contribution in [3.63, 3.8) is 0 Å². The van der Waals surface area contributed by atoms with Gasteiger partial charge < -0.3 is 4.90 Å². The highest BCUT2D eigenvalue weighted by molar-refractivity contribution is 7.86. The second-order valence-corrected chi connectivity index (χ2v) is 9.71. The first-order valence-electron chi connectivity index (χ1n) is 9.35. The SMILES string of the molecule is CC(C(=O)N1CCC[C@H]2CN(S(=O)(=O)N(C)C)CC[C@H]21)c1ccccc1. The zero-order valence-electron chi connectivity index (χ0n) is 15.8. The third-order valence-electron chi connectivity index (χ3n) is 5.77. The van der Waals surface area contributed by atoms with Crippen molar-refractivity contribution in [1.29, 1.82) is 0 Å². The summed E-state index contributed by atoms with van der Waals surface area (Å²) in [5, 5.41) is 0. The van der Waals surface area contributed by atoms with Gasteiger partial charge in [0.25, 0.3) is 10.2 Å². The molecule has 2 saturated heterocycles. The smallest absolute Gasteiger partial charge is 0.281 e. The van der Waals surface area contributed by atoms with E-state index in [1.54, 1.807) is 18.4 Å². The number of hydrogen-bond acceptors (Lipinski definition) is 3. The van der Waals surface area contributed by atoms with Crippen molar-refractivity contribution in [3.05, 3.63) is 35.9 Å². The molecule has 144 valence electrons. The van der Waals surface area contributed by atoms with Crippen LogP contribution in [0.25, 0.3) is 0 Å². The Hall–Kier alpha value is -1.44. The van der Waals surface area contributed by atoms with Crippen molar-refractivity contribution in [2.45, 2.75) is 38.1 Å². The number of carbonyl (C=O) groups excluding carboxylic acids is 1. The molecule has 6 nitrogen and oxygen atoms in total. The van der Waals surface area contributed by atoms with Crippen molar-refractivity contribution in [2.75, 3.05) is 33.7 Å². The molecule has 1 amide bonds. The lowest BCUT2D eigenvalue weighted by atomic mass is 9.83. The minimum absolute atomic E-state index is 0.149. The van der Waals surface area contributed by atoms with Crippen molar-refractivity contribution in [1.82, 2.24) is 13.5 Å². The summed E-state index contributed by atoms with van der Waals surface area (Å²) >= 11 is 0. The maximum atomic E-state index is 13.1. The number of hydrogen-bond donors (Lipinski definition) is 0. The van der Waals surface area contributed by atoms with Gasteiger partial charge >= 0.3 is 0 Å². The van der Waals surface area contributed by atoms with E-state index in [4.69, 9.17) is 0 Å². The molecule has 0 radical (unpaired) electrons. The van der Waals surface area contributed by atoms with Crippen molar-refractivity contribution >= 4 is 16.1 Å². The monoisotopic (exact) mass is 379 g/mol. The lowest BCUT2D eigenvalue weighted by Crippen LogP contribution is -2.58. The molecule has 1 aromatic carbocycles. The number of rotatable bonds is 4. The van der Waals surface area contributed by atoms with Crippen LogP contribution in [0.2, 0.25) is 0 Å². The lowest BCUT2D eigenvalue weighted by molar-refractivity contribution is -0.139. The molecule has 0 bridgehead atoms. The zero-order valence-corrected chi connectivity index (χ0v) is 16.7. The standard InChI is InChI=1S/C19H29N3O3S/c1-15(16-8-5-4-6-9-16)19(23)22-12-7-10-17-14-21(13-11-18(17)22)26(24,25)20(2)3/h4-6,8-9,15,17-18H,7,10-14H2,1-3H3/t15?,17-,18+/m0/s1. The number of likely N-dealkylation sites (tertiary alicyclic amines) is 1. The Bertz CT molecular complexity index is 736. The van der Waals surface area contributed by atoms with Gasteiger partial charge in [-0.25, -0.2) is 0 Å². The van der Waals surface area contributed by atoms with Gasteiger partial charge in [0.15, 0.2) is 0 Å². The van der Waals surface area contributed by atoms with Crippen LogP contribution < -0.4 is 0 Å². The maximum absolute atomic E-state index is 13.1. The number of piperidine rings is 2. The molecule has 7 heteroatoms. The van der Waals surface area contributed by atoms with Gasteiger partial charge in [-0.2, -0.15) is 17.0 Å². The molecule has 2 heterocycles. The molecule has 1 aromatic rings. The summed E-state index contributed by atoms with van der Waals surface area (Å²) in [6.45, 7) is 3.73. The van der Waals surface area contributed by atoms with Gasteiger partial charge in [0.1, 0.15) is 0 Å². The Morgan fingerprint density at radius 1 is 1.15 bits per heavy atom. The molecule has 2 aliphatic heterocycles. The minimum Gasteiger partial charge on any atom is -0.339 e. The fourth-order valence-electron chi connectivity index (χ4n) is 4.22. The predicted octanol–water partition coefficient (Wildman–Crippen LogP) is 1.91. The van der Waals surface area contributed by atoms with E-state index in [-0.39, 0.29) is 23.8 Å². The molecule has 0 aliphatic carbocycles. The average molecular weight is 380 g/mol. The molecule has 0 aromatic heterocycles. The van der Waals surface area contributed by atoms with E-state index in [0.29, 0.717) is 19.5 Å². The average Bonchev–Trinajstić information content (AvgIpc) is 2.66. The Labute approximate surface area is 157 Å². The summed E-state index contributed by atoms with van der Waals surface area (Å²) in [6, 6.07) is 10.0. The molecule has 0 N–H and O–H groups in total. The molecule has 1 unspecified atom stereocenters. The number of fused-ring (bicyclic) bond motifs is 1. The highest BCUT2D eigenvalue weighted by Crippen LogP contribution is 2.34. The molecule has 2 fully saturated rings. The Kier molecular flexibility index (Phi) is 5.69. The summed E-state index contributed by atoms with van der Waals surface area (Å²) in [5.74, 6) is 0.215. The third kappa shape index (κ3) is 3.66. The van der Waals surface area contributed by atoms with Crippen LogP contribution in [-0.4, -0.2) is 67.6 Å². The summed E-state index contributed by atoms with van der Waals surface area (Å²) in [4.78, 5) is 15.1. The fourth-order valence-corrected chi connectivity index (χ4v) is 5.40. The Balaban J connectivity index is 1.73. The van der Waals surface area contributed by atoms with Crippen LogP contribution in [0.4, 0.5) is 0 Å². The van der Waals surface area contributed by atoms with Crippen LogP contribution in [0, 0.1) is 5.92 Å². The van der Waals surface area contributed by atoms with E-state index >= 15 is 0 Å². The minimum atomic E-state index is -3.38. The first-order chi connectivity index (χ1) is 12.3. The molecule has 3 rings (SSSR count). The number of carbonyl (C=O) groups is 1. The van der Waals surface area contributed by atoms with Crippen LogP contribution in [0.1, 0.15) is 37.7 Å². The summed E-state index contributed by atoms with van der Waals surface area (Å²) < 4.78 is 27.7. The summed E-state index contributed by atoms with van der Waals surface area (Å²) in [7, 11) is -0.246. The zero-order chi connectivity index (χ0) is 18.9. The van der Waals surface area contributed by atoms with Crippen molar-refractivity contribution in [3.8, 4) is 0 Å². The molecular weight excluding hydrogens is 350 g/mol. The molecule has 0 spiro atoms. The third-order valence-corrected chi connectivity index (χ3v) is 7.68. The van der Waals surface area contributed by atoms with E-state index in [2.05, 4.69) is 0 Å². The first kappa shape index (κ1) is 19.3. The topological polar surface area (TPSA) is 60.9 Å². The van der Waals surface area contributed by atoms with Crippen LogP contribution in [-0.2, 0) is 15.0 Å². The van der Waals surface area contributed by atoms with E-state index in [9.17, 15) is 13.2 Å². The van der Waals surface area contributed by atoms with Crippen LogP contribution >= 0.6 is 0 Å². The van der Waals surface area contributed by atoms with Crippen molar-refractivity contribution < 1.29 is 13.2 Å². The Morgan fingerprint density at radius 2 is 1.85 bits per heavy atom. The van der Waals surface area contributed by atoms with Gasteiger partial charge in [0.2, 0.25) is 5.91 Å². The van der Waals surface area contributed by atoms with E-state index in [1.807, 2.05) is 42.2 Å². The highest BCUT2D eigenvalue weighted by atomic mass is 32.2. The van der Waals surface area contributed by atoms with E-state index < -0.39 is 10.2 Å². The molecule has 0 saturated carbocycles. The van der Waals surface area contributed by atoms with Gasteiger partial charge in [0.05, 0.1) is 5.92 Å². The second kappa shape index (κ2) is 7.66. The van der Waals surface area contributed by atoms with Crippen LogP contribution in [0.15, 0.2) is 30.3 Å². The largest absolute Gasteiger partial charge is 0.339 e. The van der Waals surface area contributed by atoms with Gasteiger partial charge in [-0.1, -0.05) is 30.3 Å². The maximum Gasteiger partial charge on any atom is 0.281 e. The number of amides is 1. The molecular formula is C19H29N3O3S. The van der Waals surface area contributed by atoms with Gasteiger partial charge in [-0.15, -0.1) is 0 Å². The van der Waals surface area contributed by atoms with Gasteiger partial charge in [-0.3, -0.25) is 4.79 Å². The number of nitrogens with zero attached hydrogens (tertiary/aromatic N) is 3. The van der Waals surface area contributed by atoms with Crippen LogP contribution in [0.3, 0.4) is 0 Å². The highest BCUT2D eigenvalue weighted by Gasteiger charge is 2.42. The first-order valence-corrected chi connectivity index (χ1v) is 10.7. The molecule has 3 atom stereocenters. The fraction of sp³-hybridized carbons (Fsp3) is 0.632. The second-order valence-electron chi connectivity index (χ2n) is 7.57. The Morgan fingerprint density at radius 3 is 2.50 bits per heavy atom. The quantitative estimate of drug-likeness (QED) is 0.803. The summed E-state index contributed by atoms with van der Waals surface area (Å²) in [5.41, 5.74) is 1.03. The van der Waals surface area contributed by atoms with Gasteiger partial charge in [-0.05, 0) is 37.7 Å². The molecule has 26 heavy (non-hydrogen) atoms. The van der Waals surface area contributed by atoms with Crippen molar-refractivity contribution in [2.24, 2.45) is 5.92 Å². The van der Waals surface area contributed by atoms with Crippen LogP contribution in [0.5, 0.6) is 0 Å². The lowest BCUT2D eigenvalue weighted by Gasteiger charge is -2.47. The summed E-state index contributed by atoms with van der Waals surface area (Å²) in [6.07, 6.45) is 2.63. The molecule has 2 aliphatic rings. The number of benzene rings is 1. The van der Waals surface area contributed by atoms with Gasteiger partial charge in [0, 0.05) is 39.8 Å². The normalized spacial score (nSPS) is 25.8. The van der Waals surface area contributed by atoms with E-state index in [1.165, 1.54) is 4.31 Å². The van der Waals surface area contributed by atoms with E-state index in [0.717, 1.165) is 24.9 Å². The predicted molar refractivity (Wildman–Crippen MR) is 102 cm³/mol.